The Morgan fingerprint density at radius 1 is 0.714 bits per heavy atom. The molecule has 0 radical (unpaired) electrons. The zero-order chi connectivity index (χ0) is 15.3. The van der Waals surface area contributed by atoms with Gasteiger partial charge in [-0.3, -0.25) is 0 Å². The van der Waals surface area contributed by atoms with Gasteiger partial charge < -0.3 is 15.5 Å². The normalized spacial score (nSPS) is 25.0. The Labute approximate surface area is 131 Å². The molecule has 1 aliphatic rings. The van der Waals surface area contributed by atoms with Crippen LogP contribution in [0.3, 0.4) is 0 Å². The summed E-state index contributed by atoms with van der Waals surface area (Å²) in [6, 6.07) is 0.151. The van der Waals surface area contributed by atoms with Crippen LogP contribution in [0.15, 0.2) is 0 Å². The van der Waals surface area contributed by atoms with Crippen LogP contribution in [-0.4, -0.2) is 35.0 Å². The van der Waals surface area contributed by atoms with Crippen LogP contribution in [-0.2, 0) is 0 Å². The molecule has 1 rings (SSSR count). The maximum absolute atomic E-state index is 9.72. The van der Waals surface area contributed by atoms with Crippen LogP contribution in [0.2, 0.25) is 0 Å². The van der Waals surface area contributed by atoms with E-state index in [1.807, 2.05) is 0 Å². The maximum atomic E-state index is 9.72. The number of aliphatic hydroxyl groups is 2. The van der Waals surface area contributed by atoms with Crippen molar-refractivity contribution in [1.82, 2.24) is 5.32 Å². The molecular formula is C18H37NO2. The highest BCUT2D eigenvalue weighted by molar-refractivity contribution is 4.97. The monoisotopic (exact) mass is 299 g/mol. The largest absolute Gasteiger partial charge is 0.395 e. The smallest absolute Gasteiger partial charge is 0.0868 e. The quantitative estimate of drug-likeness (QED) is 0.428. The third-order valence-corrected chi connectivity index (χ3v) is 4.82. The molecule has 0 aromatic rings. The molecule has 3 heteroatoms. The molecule has 0 bridgehead atoms. The number of hydrogen-bond acceptors (Lipinski definition) is 3. The summed E-state index contributed by atoms with van der Waals surface area (Å²) in [5.74, 6) is 0. The maximum Gasteiger partial charge on any atom is 0.0868 e. The summed E-state index contributed by atoms with van der Waals surface area (Å²) in [4.78, 5) is 0. The summed E-state index contributed by atoms with van der Waals surface area (Å²) in [6.45, 7) is 2.32. The van der Waals surface area contributed by atoms with Crippen LogP contribution >= 0.6 is 0 Å². The SMILES string of the molecule is CCCCCCCCCCCCCC[C@H]1N[C@@H](CO)[C@@H]1O. The Bertz CT molecular complexity index is 235. The highest BCUT2D eigenvalue weighted by Crippen LogP contribution is 2.19. The molecule has 0 unspecified atom stereocenters. The van der Waals surface area contributed by atoms with E-state index in [4.69, 9.17) is 5.11 Å². The Morgan fingerprint density at radius 3 is 1.62 bits per heavy atom. The van der Waals surface area contributed by atoms with Crippen molar-refractivity contribution >= 4 is 0 Å². The Hall–Kier alpha value is -0.120. The molecule has 0 aliphatic carbocycles. The summed E-state index contributed by atoms with van der Waals surface area (Å²) in [7, 11) is 0. The van der Waals surface area contributed by atoms with Crippen molar-refractivity contribution in [3.8, 4) is 0 Å². The Balaban J connectivity index is 1.73. The van der Waals surface area contributed by atoms with Crippen LogP contribution in [0.1, 0.15) is 90.4 Å². The molecule has 0 aromatic heterocycles. The zero-order valence-corrected chi connectivity index (χ0v) is 14.0. The molecule has 1 heterocycles. The average Bonchev–Trinajstić information content (AvgIpc) is 2.50. The van der Waals surface area contributed by atoms with Crippen molar-refractivity contribution < 1.29 is 10.2 Å². The van der Waals surface area contributed by atoms with E-state index >= 15 is 0 Å². The van der Waals surface area contributed by atoms with Crippen LogP contribution in [0.25, 0.3) is 0 Å². The second-order valence-corrected chi connectivity index (χ2v) is 6.73. The van der Waals surface area contributed by atoms with Gasteiger partial charge in [-0.25, -0.2) is 0 Å². The minimum atomic E-state index is -0.331. The van der Waals surface area contributed by atoms with Crippen molar-refractivity contribution in [3.63, 3.8) is 0 Å². The lowest BCUT2D eigenvalue weighted by Crippen LogP contribution is -2.66. The predicted octanol–water partition coefficient (Wildman–Crippen LogP) is 3.77. The summed E-state index contributed by atoms with van der Waals surface area (Å²) in [6.07, 6.45) is 17.2. The van der Waals surface area contributed by atoms with Crippen LogP contribution in [0, 0.1) is 0 Å². The fourth-order valence-corrected chi connectivity index (χ4v) is 3.25. The van der Waals surface area contributed by atoms with Gasteiger partial charge in [-0.1, -0.05) is 84.0 Å². The fraction of sp³-hybridized carbons (Fsp3) is 1.00. The average molecular weight is 299 g/mol. The van der Waals surface area contributed by atoms with E-state index < -0.39 is 0 Å². The molecule has 1 fully saturated rings. The van der Waals surface area contributed by atoms with Gasteiger partial charge in [0.1, 0.15) is 0 Å². The third-order valence-electron chi connectivity index (χ3n) is 4.82. The summed E-state index contributed by atoms with van der Waals surface area (Å²) < 4.78 is 0. The van der Waals surface area contributed by atoms with E-state index in [0.717, 1.165) is 6.42 Å². The van der Waals surface area contributed by atoms with Gasteiger partial charge in [-0.2, -0.15) is 0 Å². The first-order chi connectivity index (χ1) is 10.3. The van der Waals surface area contributed by atoms with E-state index in [1.165, 1.54) is 77.0 Å². The molecule has 0 spiro atoms. The number of unbranched alkanes of at least 4 members (excludes halogenated alkanes) is 11. The Kier molecular flexibility index (Phi) is 11.2. The van der Waals surface area contributed by atoms with Crippen molar-refractivity contribution in [2.75, 3.05) is 6.61 Å². The van der Waals surface area contributed by atoms with E-state index in [1.54, 1.807) is 0 Å². The first kappa shape index (κ1) is 18.9. The molecule has 0 saturated carbocycles. The van der Waals surface area contributed by atoms with Gasteiger partial charge in [-0.05, 0) is 6.42 Å². The molecule has 0 aromatic carbocycles. The number of nitrogens with one attached hydrogen (secondary N) is 1. The van der Waals surface area contributed by atoms with Gasteiger partial charge in [0, 0.05) is 6.04 Å². The van der Waals surface area contributed by atoms with Gasteiger partial charge in [0.05, 0.1) is 18.8 Å². The van der Waals surface area contributed by atoms with Crippen molar-refractivity contribution in [1.29, 1.82) is 0 Å². The minimum absolute atomic E-state index is 0.0517. The van der Waals surface area contributed by atoms with Crippen LogP contribution in [0.5, 0.6) is 0 Å². The minimum Gasteiger partial charge on any atom is -0.395 e. The zero-order valence-electron chi connectivity index (χ0n) is 14.0. The van der Waals surface area contributed by atoms with E-state index in [-0.39, 0.29) is 24.8 Å². The summed E-state index contributed by atoms with van der Waals surface area (Å²) >= 11 is 0. The van der Waals surface area contributed by atoms with Crippen molar-refractivity contribution in [2.45, 2.75) is 109 Å². The number of rotatable bonds is 14. The third kappa shape index (κ3) is 8.18. The highest BCUT2D eigenvalue weighted by Gasteiger charge is 2.37. The first-order valence-corrected chi connectivity index (χ1v) is 9.34. The second kappa shape index (κ2) is 12.4. The molecule has 3 atom stereocenters. The molecule has 21 heavy (non-hydrogen) atoms. The molecule has 0 amide bonds. The lowest BCUT2D eigenvalue weighted by Gasteiger charge is -2.42. The molecule has 3 N–H and O–H groups in total. The topological polar surface area (TPSA) is 52.5 Å². The number of hydrogen-bond donors (Lipinski definition) is 3. The standard InChI is InChI=1S/C18H37NO2/c1-2-3-4-5-6-7-8-9-10-11-12-13-14-16-18(21)17(15-20)19-16/h16-21H,2-15H2,1H3/t16-,17+,18-/m1/s1. The molecule has 1 aliphatic heterocycles. The molecular weight excluding hydrogens is 262 g/mol. The van der Waals surface area contributed by atoms with E-state index in [2.05, 4.69) is 12.2 Å². The van der Waals surface area contributed by atoms with Gasteiger partial charge in [0.15, 0.2) is 0 Å². The van der Waals surface area contributed by atoms with Crippen molar-refractivity contribution in [3.05, 3.63) is 0 Å². The van der Waals surface area contributed by atoms with Crippen molar-refractivity contribution in [2.24, 2.45) is 0 Å². The van der Waals surface area contributed by atoms with Gasteiger partial charge in [0.25, 0.3) is 0 Å². The first-order valence-electron chi connectivity index (χ1n) is 9.34. The van der Waals surface area contributed by atoms with E-state index in [9.17, 15) is 5.11 Å². The lowest BCUT2D eigenvalue weighted by molar-refractivity contribution is -0.0192. The number of aliphatic hydroxyl groups excluding tert-OH is 2. The predicted molar refractivity (Wildman–Crippen MR) is 89.5 cm³/mol. The molecule has 1 saturated heterocycles. The highest BCUT2D eigenvalue weighted by atomic mass is 16.3. The second-order valence-electron chi connectivity index (χ2n) is 6.73. The fourth-order valence-electron chi connectivity index (χ4n) is 3.25. The lowest BCUT2D eigenvalue weighted by atomic mass is 9.89. The summed E-state index contributed by atoms with van der Waals surface area (Å²) in [5.41, 5.74) is 0. The van der Waals surface area contributed by atoms with Gasteiger partial charge >= 0.3 is 0 Å². The Morgan fingerprint density at radius 2 is 1.19 bits per heavy atom. The summed E-state index contributed by atoms with van der Waals surface area (Å²) in [5, 5.41) is 21.9. The molecule has 126 valence electrons. The van der Waals surface area contributed by atoms with E-state index in [0.29, 0.717) is 0 Å². The molecule has 3 nitrogen and oxygen atoms in total. The van der Waals surface area contributed by atoms with Crippen LogP contribution < -0.4 is 5.32 Å². The van der Waals surface area contributed by atoms with Gasteiger partial charge in [-0.15, -0.1) is 0 Å². The van der Waals surface area contributed by atoms with Gasteiger partial charge in [0.2, 0.25) is 0 Å². The van der Waals surface area contributed by atoms with Crippen LogP contribution in [0.4, 0.5) is 0 Å².